The quantitative estimate of drug-likeness (QED) is 0.0310. The van der Waals surface area contributed by atoms with E-state index in [0.29, 0.717) is 41.4 Å². The summed E-state index contributed by atoms with van der Waals surface area (Å²) in [7, 11) is 6.37. The van der Waals surface area contributed by atoms with Gasteiger partial charge in [0.2, 0.25) is 23.8 Å². The van der Waals surface area contributed by atoms with Crippen LogP contribution >= 0.6 is 0 Å². The molecule has 13 aromatic heterocycles. The number of H-pyrrole nitrogens is 4. The molecule has 0 aliphatic carbocycles. The Bertz CT molecular complexity index is 7020. The normalized spacial score (nSPS) is 15.7. The number of morpholine rings is 1. The molecule has 17 heterocycles. The monoisotopic (exact) mass is 1990 g/mol. The number of hydrogen-bond donors (Lipinski definition) is 8. The summed E-state index contributed by atoms with van der Waals surface area (Å²) >= 11 is 0. The van der Waals surface area contributed by atoms with Gasteiger partial charge in [0.1, 0.15) is 52.7 Å². The van der Waals surface area contributed by atoms with Gasteiger partial charge in [0, 0.05) is 209 Å². The number of piperazine rings is 2. The van der Waals surface area contributed by atoms with Crippen LogP contribution in [0.1, 0.15) is 120 Å². The van der Waals surface area contributed by atoms with Crippen molar-refractivity contribution in [3.05, 3.63) is 227 Å². The molecule has 15 aromatic rings. The van der Waals surface area contributed by atoms with Crippen molar-refractivity contribution >= 4 is 85.1 Å². The van der Waals surface area contributed by atoms with Gasteiger partial charge in [-0.1, -0.05) is 44.2 Å². The van der Waals surface area contributed by atoms with Crippen LogP contribution in [0.15, 0.2) is 165 Å². The number of nitrogens with one attached hydrogen (secondary N) is 8. The van der Waals surface area contributed by atoms with Crippen molar-refractivity contribution in [3.8, 4) is 69.3 Å². The fourth-order valence-electron chi connectivity index (χ4n) is 17.0. The van der Waals surface area contributed by atoms with E-state index >= 15 is 0 Å². The molecule has 145 heavy (non-hydrogen) atoms. The molecule has 8 N–H and O–H groups in total. The molecule has 4 fully saturated rings. The van der Waals surface area contributed by atoms with Crippen LogP contribution in [0.2, 0.25) is 0 Å². The molecule has 19 rings (SSSR count). The Kier molecular flexibility index (Phi) is 31.0. The van der Waals surface area contributed by atoms with E-state index in [2.05, 4.69) is 224 Å². The summed E-state index contributed by atoms with van der Waals surface area (Å²) in [5, 5.41) is 52.4. The van der Waals surface area contributed by atoms with Gasteiger partial charge >= 0.3 is 24.7 Å². The SMILES string of the molecule is CC(C)[C@H](CN1CCOCC1)Nc1ncc(C#N)c(-c2c[nH]c3ncc(C(F)(F)F)cc23)n1.CC(Nc1ncc(C#N)c(-c2c[nH]c3ncc(C(F)(F)F)cc23)n1)c1ccc(N2CCCN(C)CC2)cc1.C[C@@H](Nc1ncc(C#N)c(-c2c[nH]c3ncc(C(F)(F)F)cc23)n1)c1ccc(N2CCN(C)CC2)cc1.C[C@H](Nc1ncc(C#N)c(-c2c[nH]c3ncc(C(F)(F)F)cc23)n1)c1ccc(N2CCN(C)CC2)nc1. The van der Waals surface area contributed by atoms with E-state index in [1.807, 2.05) is 57.2 Å². The lowest BCUT2D eigenvalue weighted by Crippen LogP contribution is -2.45. The average Bonchev–Trinajstić information content (AvgIpc) is 1.65. The van der Waals surface area contributed by atoms with Gasteiger partial charge in [0.25, 0.3) is 0 Å². The molecule has 4 saturated heterocycles. The molecule has 4 aliphatic rings. The number of benzene rings is 2. The van der Waals surface area contributed by atoms with Crippen LogP contribution in [0.4, 0.5) is 93.7 Å². The Morgan fingerprint density at radius 3 is 0.959 bits per heavy atom. The largest absolute Gasteiger partial charge is 0.417 e. The second-order valence-electron chi connectivity index (χ2n) is 35.9. The van der Waals surface area contributed by atoms with Gasteiger partial charge in [-0.3, -0.25) is 4.90 Å². The summed E-state index contributed by atoms with van der Waals surface area (Å²) in [4.78, 5) is 82.9. The minimum absolute atomic E-state index is 0.0327. The van der Waals surface area contributed by atoms with Crippen LogP contribution in [0.5, 0.6) is 0 Å². The maximum atomic E-state index is 13.3. The Morgan fingerprint density at radius 2 is 0.648 bits per heavy atom. The highest BCUT2D eigenvalue weighted by Gasteiger charge is 2.37. The molecule has 2 aromatic carbocycles. The first-order valence-corrected chi connectivity index (χ1v) is 46.5. The molecule has 1 unspecified atom stereocenters. The minimum Gasteiger partial charge on any atom is -0.379 e. The van der Waals surface area contributed by atoms with Gasteiger partial charge in [-0.25, -0.2) is 64.8 Å². The van der Waals surface area contributed by atoms with Crippen molar-refractivity contribution in [1.29, 1.82) is 21.0 Å². The molecule has 750 valence electrons. The summed E-state index contributed by atoms with van der Waals surface area (Å²) in [5.41, 5.74) is 5.80. The number of fused-ring (bicyclic) bond motifs is 4. The van der Waals surface area contributed by atoms with Crippen molar-refractivity contribution in [2.45, 2.75) is 89.9 Å². The molecule has 0 spiro atoms. The van der Waals surface area contributed by atoms with Crippen LogP contribution in [0.3, 0.4) is 0 Å². The predicted molar refractivity (Wildman–Crippen MR) is 524 cm³/mol. The number of halogens is 12. The zero-order valence-corrected chi connectivity index (χ0v) is 79.9. The van der Waals surface area contributed by atoms with Gasteiger partial charge < -0.3 is 75.3 Å². The molecule has 0 bridgehead atoms. The Morgan fingerprint density at radius 1 is 0.345 bits per heavy atom. The minimum atomic E-state index is -4.55. The smallest absolute Gasteiger partial charge is 0.379 e. The number of hydrogen-bond acceptors (Lipinski definition) is 29. The van der Waals surface area contributed by atoms with Crippen molar-refractivity contribution in [3.63, 3.8) is 0 Å². The highest BCUT2D eigenvalue weighted by Crippen LogP contribution is 2.42. The third-order valence-corrected chi connectivity index (χ3v) is 25.6. The zero-order valence-electron chi connectivity index (χ0n) is 79.9. The third kappa shape index (κ3) is 24.4. The lowest BCUT2D eigenvalue weighted by Gasteiger charge is -2.34. The van der Waals surface area contributed by atoms with Gasteiger partial charge in [-0.15, -0.1) is 0 Å². The molecule has 4 aliphatic heterocycles. The summed E-state index contributed by atoms with van der Waals surface area (Å²) in [6.45, 7) is 25.9. The van der Waals surface area contributed by atoms with E-state index in [-0.39, 0.29) is 137 Å². The molecular formula is C100H100F12N32O. The number of rotatable bonds is 21. The van der Waals surface area contributed by atoms with E-state index < -0.39 is 47.0 Å². The summed E-state index contributed by atoms with van der Waals surface area (Å²) in [6.07, 6.45) is -0.631. The van der Waals surface area contributed by atoms with E-state index in [1.165, 1.54) is 60.9 Å². The van der Waals surface area contributed by atoms with Gasteiger partial charge in [-0.2, -0.15) is 73.7 Å². The van der Waals surface area contributed by atoms with Gasteiger partial charge in [-0.05, 0) is 132 Å². The lowest BCUT2D eigenvalue weighted by molar-refractivity contribution is -0.138. The lowest BCUT2D eigenvalue weighted by atomic mass is 10.0. The van der Waals surface area contributed by atoms with Crippen LogP contribution in [0.25, 0.3) is 89.2 Å². The number of aromatic nitrogens is 17. The van der Waals surface area contributed by atoms with Crippen LogP contribution in [0, 0.1) is 51.2 Å². The van der Waals surface area contributed by atoms with Crippen LogP contribution in [-0.4, -0.2) is 243 Å². The standard InChI is InChI=1S/C27H27F3N8.C26H25F3N8.C25H24F3N9.C22H24F3N7O/c1-17(18-4-6-21(7-5-18)38-9-3-8-37(2)10-11-38)35-26-34-14-19(13-31)24(36-26)23-16-33-25-22(23)12-20(15-32-25)27(28,29)30;1-16(17-3-5-20(6-4-17)37-9-7-36(2)8-10-37)34-25-33-13-18(12-30)23(35-25)22-15-32-24-21(22)11-19(14-31-24)26(27,28)29;1-15(16-3-4-21(30-11-16)37-7-5-36(2)6-8-37)34-24-33-12-17(10-29)22(35-24)20-14-32-23-19(20)9-18(13-31-23)25(26,27)28;1-13(2)18(12-32-3-5-33-6-4-32)30-21-29-9-14(8-26)19(31-21)17-11-28-20-16(17)7-15(10-27-20)22(23,24)25/h4-7,12,14-17H,3,8-11H2,1-2H3,(H,32,33)(H,34,35,36);3-6,11,13-16H,7-10H2,1-2H3,(H,31,32)(H,33,34,35);3-4,9,11-15H,5-8H2,1-2H3,(H,31,32)(H,33,34,35);7,9-11,13,18H,3-6,12H2,1-2H3,(H,27,28)(H,29,30,31)/t;16-;15-;18-/m.100/s1. The van der Waals surface area contributed by atoms with E-state index in [9.17, 15) is 73.7 Å². The molecular weight excluding hydrogens is 1890 g/mol. The maximum absolute atomic E-state index is 13.3. The second-order valence-corrected chi connectivity index (χ2v) is 35.9. The van der Waals surface area contributed by atoms with Gasteiger partial charge in [0.05, 0.1) is 123 Å². The molecule has 4 atom stereocenters. The van der Waals surface area contributed by atoms with Crippen molar-refractivity contribution in [2.24, 2.45) is 5.92 Å². The molecule has 0 saturated carbocycles. The molecule has 33 nitrogen and oxygen atoms in total. The zero-order chi connectivity index (χ0) is 103. The van der Waals surface area contributed by atoms with E-state index in [4.69, 9.17) is 4.74 Å². The fraction of sp³-hybridized carbons (Fsp3) is 0.350. The number of aromatic amines is 4. The maximum Gasteiger partial charge on any atom is 0.417 e. The topological polar surface area (TPSA) is 406 Å². The molecule has 45 heteroatoms. The predicted octanol–water partition coefficient (Wildman–Crippen LogP) is 18.0. The Balaban J connectivity index is 0.000000139. The number of nitrogens with zero attached hydrogens (tertiary/aromatic N) is 24. The van der Waals surface area contributed by atoms with Gasteiger partial charge in [0.15, 0.2) is 0 Å². The molecule has 0 radical (unpaired) electrons. The van der Waals surface area contributed by atoms with E-state index in [1.54, 1.807) is 6.20 Å². The molecule has 0 amide bonds. The van der Waals surface area contributed by atoms with Crippen molar-refractivity contribution in [2.75, 3.05) is 168 Å². The number of anilines is 7. The number of pyridine rings is 5. The average molecular weight is 1990 g/mol. The van der Waals surface area contributed by atoms with Crippen molar-refractivity contribution in [1.82, 2.24) is 104 Å². The van der Waals surface area contributed by atoms with E-state index in [0.717, 1.165) is 176 Å². The highest BCUT2D eigenvalue weighted by molar-refractivity contribution is 5.98. The third-order valence-electron chi connectivity index (χ3n) is 25.6. The Hall–Kier alpha value is -15.8. The highest BCUT2D eigenvalue weighted by atomic mass is 19.4. The number of alkyl halides is 12. The summed E-state index contributed by atoms with van der Waals surface area (Å²) in [5.74, 6) is 2.26. The van der Waals surface area contributed by atoms with Crippen molar-refractivity contribution < 1.29 is 57.4 Å². The van der Waals surface area contributed by atoms with Crippen LogP contribution < -0.4 is 36.0 Å². The Labute approximate surface area is 824 Å². The summed E-state index contributed by atoms with van der Waals surface area (Å²) in [6, 6.07) is 32.3. The second kappa shape index (κ2) is 44.0. The first-order valence-electron chi connectivity index (χ1n) is 46.5. The first-order chi connectivity index (χ1) is 69.4. The number of likely N-dealkylation sites (N-methyl/N-ethyl adjacent to an activating group) is 3. The first kappa shape index (κ1) is 102. The summed E-state index contributed by atoms with van der Waals surface area (Å²) < 4.78 is 165. The number of ether oxygens (including phenoxy) is 1. The number of nitriles is 4. The fourth-order valence-corrected chi connectivity index (χ4v) is 17.0. The van der Waals surface area contributed by atoms with Crippen LogP contribution in [-0.2, 0) is 29.4 Å².